The minimum absolute atomic E-state index is 0.417. The van der Waals surface area contributed by atoms with Crippen LogP contribution in [0.15, 0.2) is 53.2 Å². The Hall–Kier alpha value is -2.30. The van der Waals surface area contributed by atoms with Gasteiger partial charge in [0.1, 0.15) is 0 Å². The summed E-state index contributed by atoms with van der Waals surface area (Å²) >= 11 is 7.87. The summed E-state index contributed by atoms with van der Waals surface area (Å²) in [5, 5.41) is 6.74. The standard InChI is InChI=1S/C18H13ClN2OS/c19-12-4-5-13-16(8-12)21(9-11-6-7-23-10-11)15-3-1-2-14(17(13)15)18(20)22/h1-8,10H,9H2,(H2,20,22). The summed E-state index contributed by atoms with van der Waals surface area (Å²) < 4.78 is 2.19. The Kier molecular flexibility index (Phi) is 3.36. The van der Waals surface area contributed by atoms with Gasteiger partial charge in [-0.3, -0.25) is 4.79 Å². The highest BCUT2D eigenvalue weighted by Crippen LogP contribution is 2.33. The molecule has 4 rings (SSSR count). The maximum Gasteiger partial charge on any atom is 0.249 e. The van der Waals surface area contributed by atoms with E-state index in [0.29, 0.717) is 10.6 Å². The largest absolute Gasteiger partial charge is 0.366 e. The molecule has 2 aromatic carbocycles. The summed E-state index contributed by atoms with van der Waals surface area (Å²) in [7, 11) is 0. The second-order valence-electron chi connectivity index (χ2n) is 5.44. The molecule has 23 heavy (non-hydrogen) atoms. The van der Waals surface area contributed by atoms with Gasteiger partial charge in [-0.2, -0.15) is 11.3 Å². The number of thiophene rings is 1. The molecule has 0 aliphatic carbocycles. The van der Waals surface area contributed by atoms with E-state index in [1.165, 1.54) is 5.56 Å². The quantitative estimate of drug-likeness (QED) is 0.579. The van der Waals surface area contributed by atoms with Gasteiger partial charge in [0.05, 0.1) is 11.0 Å². The van der Waals surface area contributed by atoms with Crippen molar-refractivity contribution in [3.05, 3.63) is 69.4 Å². The molecule has 3 nitrogen and oxygen atoms in total. The number of hydrogen-bond donors (Lipinski definition) is 1. The van der Waals surface area contributed by atoms with E-state index in [9.17, 15) is 4.79 Å². The molecule has 0 radical (unpaired) electrons. The van der Waals surface area contributed by atoms with Crippen LogP contribution < -0.4 is 5.73 Å². The summed E-state index contributed by atoms with van der Waals surface area (Å²) in [5.74, 6) is -0.417. The number of nitrogens with two attached hydrogens (primary N) is 1. The van der Waals surface area contributed by atoms with Gasteiger partial charge in [0.25, 0.3) is 0 Å². The normalized spacial score (nSPS) is 11.3. The molecule has 4 aromatic rings. The Morgan fingerprint density at radius 1 is 1.17 bits per heavy atom. The number of nitrogens with zero attached hydrogens (tertiary/aromatic N) is 1. The second kappa shape index (κ2) is 5.41. The van der Waals surface area contributed by atoms with Crippen LogP contribution in [0.25, 0.3) is 21.8 Å². The van der Waals surface area contributed by atoms with Crippen molar-refractivity contribution in [1.29, 1.82) is 0 Å². The van der Waals surface area contributed by atoms with E-state index in [0.717, 1.165) is 28.4 Å². The summed E-state index contributed by atoms with van der Waals surface area (Å²) in [5.41, 5.74) is 9.33. The maximum atomic E-state index is 11.8. The molecule has 0 spiro atoms. The van der Waals surface area contributed by atoms with Crippen molar-refractivity contribution in [2.24, 2.45) is 5.73 Å². The van der Waals surface area contributed by atoms with Gasteiger partial charge in [0.2, 0.25) is 5.91 Å². The van der Waals surface area contributed by atoms with E-state index in [2.05, 4.69) is 21.4 Å². The molecule has 0 fully saturated rings. The van der Waals surface area contributed by atoms with Crippen molar-refractivity contribution in [2.75, 3.05) is 0 Å². The summed E-state index contributed by atoms with van der Waals surface area (Å²) in [6.45, 7) is 0.728. The predicted octanol–water partition coefficient (Wildman–Crippen LogP) is 4.66. The van der Waals surface area contributed by atoms with Crippen molar-refractivity contribution in [2.45, 2.75) is 6.54 Å². The number of hydrogen-bond acceptors (Lipinski definition) is 2. The van der Waals surface area contributed by atoms with Crippen molar-refractivity contribution in [3.8, 4) is 0 Å². The molecule has 0 saturated heterocycles. The highest BCUT2D eigenvalue weighted by atomic mass is 35.5. The molecule has 5 heteroatoms. The van der Waals surface area contributed by atoms with Gasteiger partial charge in [0, 0.05) is 27.9 Å². The van der Waals surface area contributed by atoms with Crippen LogP contribution in [-0.4, -0.2) is 10.5 Å². The second-order valence-corrected chi connectivity index (χ2v) is 6.66. The first-order chi connectivity index (χ1) is 11.1. The van der Waals surface area contributed by atoms with E-state index in [4.69, 9.17) is 17.3 Å². The van der Waals surface area contributed by atoms with Crippen LogP contribution in [0.3, 0.4) is 0 Å². The van der Waals surface area contributed by atoms with Crippen LogP contribution in [0.5, 0.6) is 0 Å². The van der Waals surface area contributed by atoms with Crippen LogP contribution in [-0.2, 0) is 6.54 Å². The lowest BCUT2D eigenvalue weighted by Gasteiger charge is -2.06. The molecule has 2 heterocycles. The van der Waals surface area contributed by atoms with Gasteiger partial charge >= 0.3 is 0 Å². The van der Waals surface area contributed by atoms with Gasteiger partial charge in [0.15, 0.2) is 0 Å². The van der Waals surface area contributed by atoms with Crippen molar-refractivity contribution < 1.29 is 4.79 Å². The zero-order valence-electron chi connectivity index (χ0n) is 12.1. The molecule has 2 aromatic heterocycles. The first-order valence-electron chi connectivity index (χ1n) is 7.16. The molecular weight excluding hydrogens is 328 g/mol. The Labute approximate surface area is 141 Å². The van der Waals surface area contributed by atoms with Crippen LogP contribution in [0.4, 0.5) is 0 Å². The van der Waals surface area contributed by atoms with E-state index >= 15 is 0 Å². The van der Waals surface area contributed by atoms with E-state index < -0.39 is 5.91 Å². The molecule has 0 saturated carbocycles. The van der Waals surface area contributed by atoms with Crippen LogP contribution >= 0.6 is 22.9 Å². The van der Waals surface area contributed by atoms with Gasteiger partial charge in [-0.05, 0) is 46.7 Å². The van der Waals surface area contributed by atoms with Crippen LogP contribution in [0.2, 0.25) is 5.02 Å². The Morgan fingerprint density at radius 2 is 2.04 bits per heavy atom. The zero-order chi connectivity index (χ0) is 16.0. The average Bonchev–Trinajstić information content (AvgIpc) is 3.14. The van der Waals surface area contributed by atoms with E-state index in [1.54, 1.807) is 17.4 Å². The fourth-order valence-corrected chi connectivity index (χ4v) is 3.88. The van der Waals surface area contributed by atoms with Gasteiger partial charge in [-0.25, -0.2) is 0 Å². The van der Waals surface area contributed by atoms with Crippen molar-refractivity contribution in [3.63, 3.8) is 0 Å². The molecule has 0 aliphatic heterocycles. The smallest absolute Gasteiger partial charge is 0.249 e. The molecule has 0 unspecified atom stereocenters. The third-order valence-electron chi connectivity index (χ3n) is 4.04. The number of rotatable bonds is 3. The Bertz CT molecular complexity index is 1030. The molecular formula is C18H13ClN2OS. The summed E-state index contributed by atoms with van der Waals surface area (Å²) in [6.07, 6.45) is 0. The third-order valence-corrected chi connectivity index (χ3v) is 5.01. The third kappa shape index (κ3) is 2.31. The number of halogens is 1. The highest BCUT2D eigenvalue weighted by molar-refractivity contribution is 7.07. The fraction of sp³-hybridized carbons (Fsp3) is 0.0556. The van der Waals surface area contributed by atoms with E-state index in [1.807, 2.05) is 30.3 Å². The summed E-state index contributed by atoms with van der Waals surface area (Å²) in [4.78, 5) is 11.8. The molecule has 2 N–H and O–H groups in total. The number of fused-ring (bicyclic) bond motifs is 3. The Balaban J connectivity index is 2.11. The van der Waals surface area contributed by atoms with Crippen LogP contribution in [0.1, 0.15) is 15.9 Å². The van der Waals surface area contributed by atoms with Gasteiger partial charge in [-0.15, -0.1) is 0 Å². The minimum atomic E-state index is -0.417. The van der Waals surface area contributed by atoms with Gasteiger partial charge < -0.3 is 10.3 Å². The number of primary amides is 1. The maximum absolute atomic E-state index is 11.8. The number of benzene rings is 2. The summed E-state index contributed by atoms with van der Waals surface area (Å²) in [6, 6.07) is 13.5. The first kappa shape index (κ1) is 14.3. The molecule has 0 bridgehead atoms. The fourth-order valence-electron chi connectivity index (χ4n) is 3.06. The number of amides is 1. The van der Waals surface area contributed by atoms with E-state index in [-0.39, 0.29) is 0 Å². The molecule has 0 atom stereocenters. The van der Waals surface area contributed by atoms with Gasteiger partial charge in [-0.1, -0.05) is 23.7 Å². The average molecular weight is 341 g/mol. The zero-order valence-corrected chi connectivity index (χ0v) is 13.7. The van der Waals surface area contributed by atoms with Crippen molar-refractivity contribution >= 4 is 50.7 Å². The lowest BCUT2D eigenvalue weighted by Crippen LogP contribution is -2.11. The molecule has 114 valence electrons. The predicted molar refractivity (Wildman–Crippen MR) is 96.4 cm³/mol. The number of aromatic nitrogens is 1. The SMILES string of the molecule is NC(=O)c1cccc2c1c1ccc(Cl)cc1n2Cc1ccsc1. The number of carbonyl (C=O) groups is 1. The number of carbonyl (C=O) groups excluding carboxylic acids is 1. The minimum Gasteiger partial charge on any atom is -0.366 e. The highest BCUT2D eigenvalue weighted by Gasteiger charge is 2.16. The lowest BCUT2D eigenvalue weighted by molar-refractivity contribution is 0.100. The monoisotopic (exact) mass is 340 g/mol. The molecule has 0 aliphatic rings. The van der Waals surface area contributed by atoms with Crippen molar-refractivity contribution in [1.82, 2.24) is 4.57 Å². The lowest BCUT2D eigenvalue weighted by atomic mass is 10.1. The first-order valence-corrected chi connectivity index (χ1v) is 8.48. The topological polar surface area (TPSA) is 48.0 Å². The Morgan fingerprint density at radius 3 is 2.78 bits per heavy atom. The molecule has 1 amide bonds. The van der Waals surface area contributed by atoms with Crippen LogP contribution in [0, 0.1) is 0 Å².